The maximum absolute atomic E-state index is 11.0. The summed E-state index contributed by atoms with van der Waals surface area (Å²) in [6.45, 7) is 0. The molecule has 1 unspecified atom stereocenters. The molecule has 0 aliphatic carbocycles. The minimum atomic E-state index is -1.19. The van der Waals surface area contributed by atoms with Crippen LogP contribution in [0.5, 0.6) is 0 Å². The van der Waals surface area contributed by atoms with E-state index in [1.165, 1.54) is 6.07 Å². The Balaban J connectivity index is 3.16. The predicted molar refractivity (Wildman–Crippen MR) is 57.0 cm³/mol. The van der Waals surface area contributed by atoms with Crippen molar-refractivity contribution in [3.63, 3.8) is 0 Å². The molecular weight excluding hydrogens is 208 g/mol. The third kappa shape index (κ3) is 2.61. The van der Waals surface area contributed by atoms with E-state index in [1.54, 1.807) is 18.2 Å². The highest BCUT2D eigenvalue weighted by molar-refractivity contribution is 5.83. The monoisotopic (exact) mass is 218 g/mol. The van der Waals surface area contributed by atoms with Gasteiger partial charge in [-0.3, -0.25) is 9.59 Å². The largest absolute Gasteiger partial charge is 0.481 e. The minimum Gasteiger partial charge on any atom is -0.481 e. The Morgan fingerprint density at radius 1 is 1.31 bits per heavy atom. The number of carbonyl (C=O) groups is 2. The van der Waals surface area contributed by atoms with E-state index in [1.807, 2.05) is 0 Å². The number of aliphatic carboxylic acids is 2. The van der Waals surface area contributed by atoms with E-state index in [2.05, 4.69) is 5.92 Å². The second kappa shape index (κ2) is 4.99. The van der Waals surface area contributed by atoms with E-state index in [-0.39, 0.29) is 0 Å². The molecule has 0 saturated carbocycles. The van der Waals surface area contributed by atoms with Gasteiger partial charge in [0.25, 0.3) is 0 Å². The number of carboxylic acids is 2. The first kappa shape index (κ1) is 11.8. The summed E-state index contributed by atoms with van der Waals surface area (Å²) in [5.41, 5.74) is 0.774. The first-order valence-corrected chi connectivity index (χ1v) is 4.56. The molecule has 1 atom stereocenters. The number of carboxylic acid groups (broad SMARTS) is 2. The van der Waals surface area contributed by atoms with Crippen LogP contribution in [0.25, 0.3) is 0 Å². The second-order valence-electron chi connectivity index (χ2n) is 3.22. The highest BCUT2D eigenvalue weighted by Crippen LogP contribution is 2.23. The Hall–Kier alpha value is -2.28. The molecule has 16 heavy (non-hydrogen) atoms. The molecule has 2 N–H and O–H groups in total. The zero-order chi connectivity index (χ0) is 12.1. The van der Waals surface area contributed by atoms with Crippen LogP contribution in [0.4, 0.5) is 0 Å². The lowest BCUT2D eigenvalue weighted by atomic mass is 9.92. The smallest absolute Gasteiger partial charge is 0.311 e. The molecule has 0 fully saturated rings. The van der Waals surface area contributed by atoms with Gasteiger partial charge in [-0.15, -0.1) is 6.42 Å². The lowest BCUT2D eigenvalue weighted by Crippen LogP contribution is -2.16. The topological polar surface area (TPSA) is 74.6 Å². The molecule has 0 aromatic heterocycles. The molecule has 0 saturated heterocycles. The molecule has 1 rings (SSSR count). The summed E-state index contributed by atoms with van der Waals surface area (Å²) < 4.78 is 0. The van der Waals surface area contributed by atoms with Crippen LogP contribution in [0.15, 0.2) is 24.3 Å². The second-order valence-corrected chi connectivity index (χ2v) is 3.22. The highest BCUT2D eigenvalue weighted by Gasteiger charge is 2.24. The van der Waals surface area contributed by atoms with Gasteiger partial charge in [0.2, 0.25) is 0 Å². The van der Waals surface area contributed by atoms with Crippen molar-refractivity contribution in [1.29, 1.82) is 0 Å². The molecule has 0 aliphatic heterocycles. The Labute approximate surface area is 92.5 Å². The zero-order valence-electron chi connectivity index (χ0n) is 8.38. The van der Waals surface area contributed by atoms with Crippen LogP contribution in [0.1, 0.15) is 23.5 Å². The fourth-order valence-corrected chi connectivity index (χ4v) is 1.44. The lowest BCUT2D eigenvalue weighted by Gasteiger charge is -2.12. The van der Waals surface area contributed by atoms with Crippen LogP contribution < -0.4 is 0 Å². The normalized spacial score (nSPS) is 11.4. The fourth-order valence-electron chi connectivity index (χ4n) is 1.44. The van der Waals surface area contributed by atoms with Crippen molar-refractivity contribution < 1.29 is 19.8 Å². The molecule has 1 aromatic carbocycles. The van der Waals surface area contributed by atoms with Crippen molar-refractivity contribution in [3.8, 4) is 12.3 Å². The molecular formula is C12H10O4. The molecule has 4 nitrogen and oxygen atoms in total. The van der Waals surface area contributed by atoms with Gasteiger partial charge in [0, 0.05) is 5.56 Å². The molecule has 0 heterocycles. The van der Waals surface area contributed by atoms with Crippen molar-refractivity contribution in [3.05, 3.63) is 35.4 Å². The maximum Gasteiger partial charge on any atom is 0.311 e. The van der Waals surface area contributed by atoms with Crippen LogP contribution >= 0.6 is 0 Å². The first-order valence-electron chi connectivity index (χ1n) is 4.56. The number of benzene rings is 1. The van der Waals surface area contributed by atoms with Gasteiger partial charge in [-0.1, -0.05) is 24.1 Å². The number of rotatable bonds is 4. The summed E-state index contributed by atoms with van der Waals surface area (Å²) in [5.74, 6) is -1.12. The summed E-state index contributed by atoms with van der Waals surface area (Å²) in [6.07, 6.45) is 4.75. The van der Waals surface area contributed by atoms with Gasteiger partial charge in [0.05, 0.1) is 12.3 Å². The van der Waals surface area contributed by atoms with Gasteiger partial charge < -0.3 is 10.2 Å². The van der Waals surface area contributed by atoms with Crippen LogP contribution in [0.3, 0.4) is 0 Å². The number of hydrogen-bond acceptors (Lipinski definition) is 2. The molecule has 0 aliphatic rings. The standard InChI is InChI=1S/C12H10O4/c1-2-8-5-3-4-6-9(8)10(12(15)16)7-11(13)14/h1,3-6,10H,7H2,(H,13,14)(H,15,16). The van der Waals surface area contributed by atoms with Gasteiger partial charge in [0.1, 0.15) is 0 Å². The van der Waals surface area contributed by atoms with E-state index in [0.29, 0.717) is 11.1 Å². The van der Waals surface area contributed by atoms with E-state index in [9.17, 15) is 9.59 Å². The summed E-state index contributed by atoms with van der Waals surface area (Å²) in [5, 5.41) is 17.6. The van der Waals surface area contributed by atoms with Gasteiger partial charge in [-0.05, 0) is 11.6 Å². The van der Waals surface area contributed by atoms with Crippen LogP contribution in [0, 0.1) is 12.3 Å². The average molecular weight is 218 g/mol. The van der Waals surface area contributed by atoms with Gasteiger partial charge in [-0.2, -0.15) is 0 Å². The van der Waals surface area contributed by atoms with Crippen molar-refractivity contribution in [2.45, 2.75) is 12.3 Å². The van der Waals surface area contributed by atoms with Crippen LogP contribution in [-0.2, 0) is 9.59 Å². The highest BCUT2D eigenvalue weighted by atomic mass is 16.4. The molecule has 0 radical (unpaired) electrons. The minimum absolute atomic E-state index is 0.361. The van der Waals surface area contributed by atoms with E-state index >= 15 is 0 Å². The van der Waals surface area contributed by atoms with E-state index in [0.717, 1.165) is 0 Å². The molecule has 1 aromatic rings. The van der Waals surface area contributed by atoms with Gasteiger partial charge >= 0.3 is 11.9 Å². The molecule has 0 spiro atoms. The fraction of sp³-hybridized carbons (Fsp3) is 0.167. The zero-order valence-corrected chi connectivity index (χ0v) is 8.38. The molecule has 0 bridgehead atoms. The van der Waals surface area contributed by atoms with Crippen LogP contribution in [-0.4, -0.2) is 22.2 Å². The van der Waals surface area contributed by atoms with Gasteiger partial charge in [0.15, 0.2) is 0 Å². The Kier molecular flexibility index (Phi) is 3.67. The predicted octanol–water partition coefficient (Wildman–Crippen LogP) is 1.31. The molecule has 4 heteroatoms. The Morgan fingerprint density at radius 3 is 2.44 bits per heavy atom. The van der Waals surface area contributed by atoms with Crippen molar-refractivity contribution >= 4 is 11.9 Å². The third-order valence-electron chi connectivity index (χ3n) is 2.17. The van der Waals surface area contributed by atoms with Crippen molar-refractivity contribution in [2.75, 3.05) is 0 Å². The summed E-state index contributed by atoms with van der Waals surface area (Å²) in [4.78, 5) is 21.5. The maximum atomic E-state index is 11.0. The van der Waals surface area contributed by atoms with E-state index < -0.39 is 24.3 Å². The Morgan fingerprint density at radius 2 is 1.94 bits per heavy atom. The lowest BCUT2D eigenvalue weighted by molar-refractivity contribution is -0.145. The van der Waals surface area contributed by atoms with Crippen LogP contribution in [0.2, 0.25) is 0 Å². The summed E-state index contributed by atoms with van der Waals surface area (Å²) >= 11 is 0. The summed E-state index contributed by atoms with van der Waals surface area (Å²) in [6, 6.07) is 6.44. The number of terminal acetylenes is 1. The number of hydrogen-bond donors (Lipinski definition) is 2. The molecule has 0 amide bonds. The van der Waals surface area contributed by atoms with Crippen molar-refractivity contribution in [1.82, 2.24) is 0 Å². The summed E-state index contributed by atoms with van der Waals surface area (Å²) in [7, 11) is 0. The average Bonchev–Trinajstić information content (AvgIpc) is 2.25. The quantitative estimate of drug-likeness (QED) is 0.747. The Bertz CT molecular complexity index is 456. The SMILES string of the molecule is C#Cc1ccccc1C(CC(=O)O)C(=O)O. The van der Waals surface area contributed by atoms with Crippen molar-refractivity contribution in [2.24, 2.45) is 0 Å². The first-order chi connectivity index (χ1) is 7.56. The van der Waals surface area contributed by atoms with Gasteiger partial charge in [-0.25, -0.2) is 0 Å². The molecule has 82 valence electrons. The third-order valence-corrected chi connectivity index (χ3v) is 2.17. The van der Waals surface area contributed by atoms with E-state index in [4.69, 9.17) is 16.6 Å².